The first-order valence-electron chi connectivity index (χ1n) is 8.62. The van der Waals surface area contributed by atoms with Crippen LogP contribution in [-0.2, 0) is 33.9 Å². The maximum Gasteiger partial charge on any atom is 0 e. The van der Waals surface area contributed by atoms with Crippen molar-refractivity contribution in [2.24, 2.45) is 0 Å². The first-order chi connectivity index (χ1) is 10.9. The summed E-state index contributed by atoms with van der Waals surface area (Å²) >= 11 is 0. The van der Waals surface area contributed by atoms with Crippen LogP contribution in [0, 0.1) is 5.92 Å². The quantitative estimate of drug-likeness (QED) is 0.589. The van der Waals surface area contributed by atoms with E-state index in [2.05, 4.69) is 53.4 Å². The minimum atomic E-state index is 0. The van der Waals surface area contributed by atoms with Gasteiger partial charge in [0.05, 0.1) is 0 Å². The molecule has 120 valence electrons. The molecule has 1 saturated heterocycles. The summed E-state index contributed by atoms with van der Waals surface area (Å²) in [5.74, 6) is 1.61. The fourth-order valence-corrected chi connectivity index (χ4v) is 3.98. The Morgan fingerprint density at radius 3 is 2.22 bits per heavy atom. The molecule has 0 radical (unpaired) electrons. The Balaban J connectivity index is 0.00000156. The van der Waals surface area contributed by atoms with Gasteiger partial charge in [0, 0.05) is 21.1 Å². The Kier molecular flexibility index (Phi) is 5.61. The molecular formula is C21H24NW-. The SMILES string of the molecule is [W].c1ccc2c(c1)Cc1ccccc1[C-](CN1CCCCC1)C2. The van der Waals surface area contributed by atoms with Crippen LogP contribution >= 0.6 is 0 Å². The van der Waals surface area contributed by atoms with Crippen LogP contribution in [0.4, 0.5) is 0 Å². The standard InChI is InChI=1S/C21H24N.W/c1-6-12-22(13-7-1)16-20-15-18-9-3-2-8-17(18)14-19-10-4-5-11-21(19)20;/h2-5,8-11H,1,6-7,12-16H2;/q-1;. The van der Waals surface area contributed by atoms with Gasteiger partial charge < -0.3 is 4.90 Å². The summed E-state index contributed by atoms with van der Waals surface area (Å²) in [4.78, 5) is 2.66. The molecule has 1 aliphatic carbocycles. The predicted octanol–water partition coefficient (Wildman–Crippen LogP) is 4.24. The molecule has 0 spiro atoms. The molecule has 1 fully saturated rings. The van der Waals surface area contributed by atoms with Crippen molar-refractivity contribution in [1.82, 2.24) is 4.90 Å². The molecule has 23 heavy (non-hydrogen) atoms. The van der Waals surface area contributed by atoms with Crippen LogP contribution in [-0.4, -0.2) is 24.5 Å². The van der Waals surface area contributed by atoms with Gasteiger partial charge in [-0.1, -0.05) is 54.3 Å². The van der Waals surface area contributed by atoms with E-state index in [-0.39, 0.29) is 21.1 Å². The molecular weight excluding hydrogens is 450 g/mol. The van der Waals surface area contributed by atoms with Gasteiger partial charge in [-0.2, -0.15) is 17.5 Å². The minimum Gasteiger partial charge on any atom is -0.311 e. The van der Waals surface area contributed by atoms with E-state index in [0.717, 1.165) is 19.4 Å². The molecule has 0 aromatic heterocycles. The van der Waals surface area contributed by atoms with Gasteiger partial charge in [0.2, 0.25) is 0 Å². The van der Waals surface area contributed by atoms with E-state index in [0.29, 0.717) is 0 Å². The summed E-state index contributed by atoms with van der Waals surface area (Å²) in [6.07, 6.45) is 6.34. The normalized spacial score (nSPS) is 17.7. The zero-order valence-corrected chi connectivity index (χ0v) is 16.6. The Morgan fingerprint density at radius 2 is 1.43 bits per heavy atom. The molecule has 1 aliphatic heterocycles. The number of nitrogens with zero attached hydrogens (tertiary/aromatic N) is 1. The summed E-state index contributed by atoms with van der Waals surface area (Å²) in [6, 6.07) is 18.0. The molecule has 2 heteroatoms. The van der Waals surface area contributed by atoms with Crippen molar-refractivity contribution in [2.45, 2.75) is 32.1 Å². The first-order valence-corrected chi connectivity index (χ1v) is 8.62. The molecule has 0 unspecified atom stereocenters. The van der Waals surface area contributed by atoms with Crippen molar-refractivity contribution in [1.29, 1.82) is 0 Å². The number of likely N-dealkylation sites (tertiary alicyclic amines) is 1. The largest absolute Gasteiger partial charge is 0.311 e. The molecule has 2 aromatic carbocycles. The van der Waals surface area contributed by atoms with Gasteiger partial charge in [0.25, 0.3) is 0 Å². The van der Waals surface area contributed by atoms with Gasteiger partial charge in [0.15, 0.2) is 0 Å². The monoisotopic (exact) mass is 474 g/mol. The molecule has 0 saturated carbocycles. The number of fused-ring (bicyclic) bond motifs is 2. The van der Waals surface area contributed by atoms with Crippen molar-refractivity contribution in [3.05, 3.63) is 76.7 Å². The van der Waals surface area contributed by atoms with E-state index in [4.69, 9.17) is 0 Å². The van der Waals surface area contributed by atoms with Gasteiger partial charge >= 0.3 is 0 Å². The zero-order valence-electron chi connectivity index (χ0n) is 13.6. The van der Waals surface area contributed by atoms with Gasteiger partial charge in [0.1, 0.15) is 0 Å². The van der Waals surface area contributed by atoms with Gasteiger partial charge in [-0.3, -0.25) is 0 Å². The molecule has 1 heterocycles. The van der Waals surface area contributed by atoms with Crippen molar-refractivity contribution in [3.63, 3.8) is 0 Å². The fraction of sp³-hybridized carbons (Fsp3) is 0.381. The van der Waals surface area contributed by atoms with Crippen molar-refractivity contribution in [3.8, 4) is 0 Å². The van der Waals surface area contributed by atoms with E-state index in [1.807, 2.05) is 0 Å². The van der Waals surface area contributed by atoms with E-state index < -0.39 is 0 Å². The molecule has 2 aromatic rings. The third kappa shape index (κ3) is 3.73. The molecule has 0 atom stereocenters. The minimum absolute atomic E-state index is 0. The summed E-state index contributed by atoms with van der Waals surface area (Å²) in [6.45, 7) is 3.69. The van der Waals surface area contributed by atoms with Crippen LogP contribution in [0.25, 0.3) is 0 Å². The molecule has 0 amide bonds. The smallest absolute Gasteiger partial charge is 0 e. The first kappa shape index (κ1) is 16.8. The molecule has 2 aliphatic rings. The maximum atomic E-state index is 2.66. The number of piperidine rings is 1. The van der Waals surface area contributed by atoms with Crippen LogP contribution < -0.4 is 0 Å². The number of benzene rings is 2. The second-order valence-corrected chi connectivity index (χ2v) is 6.72. The van der Waals surface area contributed by atoms with E-state index in [9.17, 15) is 0 Å². The number of rotatable bonds is 2. The predicted molar refractivity (Wildman–Crippen MR) is 92.0 cm³/mol. The summed E-state index contributed by atoms with van der Waals surface area (Å²) < 4.78 is 0. The Morgan fingerprint density at radius 1 is 0.783 bits per heavy atom. The van der Waals surface area contributed by atoms with Crippen LogP contribution in [0.5, 0.6) is 0 Å². The van der Waals surface area contributed by atoms with Gasteiger partial charge in [-0.15, -0.1) is 17.7 Å². The molecule has 0 N–H and O–H groups in total. The van der Waals surface area contributed by atoms with Crippen LogP contribution in [0.15, 0.2) is 48.5 Å². The average Bonchev–Trinajstić information content (AvgIpc) is 2.72. The molecule has 0 bridgehead atoms. The van der Waals surface area contributed by atoms with E-state index in [1.54, 1.807) is 5.92 Å². The Labute approximate surface area is 154 Å². The Bertz CT molecular complexity index is 646. The van der Waals surface area contributed by atoms with E-state index in [1.165, 1.54) is 54.6 Å². The van der Waals surface area contributed by atoms with Gasteiger partial charge in [-0.05, 0) is 38.9 Å². The second kappa shape index (κ2) is 7.69. The third-order valence-electron chi connectivity index (χ3n) is 5.16. The van der Waals surface area contributed by atoms with Crippen molar-refractivity contribution < 1.29 is 21.1 Å². The summed E-state index contributed by atoms with van der Waals surface area (Å²) in [5.41, 5.74) is 6.03. The van der Waals surface area contributed by atoms with Crippen molar-refractivity contribution in [2.75, 3.05) is 19.6 Å². The topological polar surface area (TPSA) is 3.24 Å². The summed E-state index contributed by atoms with van der Waals surface area (Å²) in [7, 11) is 0. The average molecular weight is 474 g/mol. The van der Waals surface area contributed by atoms with Crippen LogP contribution in [0.1, 0.15) is 41.5 Å². The number of hydrogen-bond donors (Lipinski definition) is 0. The summed E-state index contributed by atoms with van der Waals surface area (Å²) in [5, 5.41) is 0. The second-order valence-electron chi connectivity index (χ2n) is 6.72. The molecule has 1 nitrogen and oxygen atoms in total. The van der Waals surface area contributed by atoms with Gasteiger partial charge in [-0.25, -0.2) is 0 Å². The van der Waals surface area contributed by atoms with Crippen molar-refractivity contribution >= 4 is 0 Å². The third-order valence-corrected chi connectivity index (χ3v) is 5.16. The zero-order chi connectivity index (χ0) is 14.8. The van der Waals surface area contributed by atoms with Crippen LogP contribution in [0.2, 0.25) is 0 Å². The van der Waals surface area contributed by atoms with Crippen LogP contribution in [0.3, 0.4) is 0 Å². The molecule has 4 rings (SSSR count). The number of hydrogen-bond acceptors (Lipinski definition) is 1. The van der Waals surface area contributed by atoms with E-state index >= 15 is 0 Å². The fourth-order valence-electron chi connectivity index (χ4n) is 3.98. The maximum absolute atomic E-state index is 2.66. The Hall–Kier alpha value is -1.04.